The van der Waals surface area contributed by atoms with Crippen molar-refractivity contribution in [2.75, 3.05) is 12.9 Å². The fraction of sp³-hybridized carbons (Fsp3) is 0.300. The summed E-state index contributed by atoms with van der Waals surface area (Å²) in [6.45, 7) is 2.69. The lowest BCUT2D eigenvalue weighted by atomic mass is 10.1. The van der Waals surface area contributed by atoms with Gasteiger partial charge in [-0.05, 0) is 40.1 Å². The summed E-state index contributed by atoms with van der Waals surface area (Å²) in [6.07, 6.45) is 2.13. The number of thioether (sulfide) groups is 1. The predicted octanol–water partition coefficient (Wildman–Crippen LogP) is 3.66. The van der Waals surface area contributed by atoms with Crippen molar-refractivity contribution in [3.05, 3.63) is 65.2 Å². The SMILES string of the molecule is CCCc1ccc(C(=O)CSc2nnnn2Cc2ccc(OC)cc2)cc1. The minimum Gasteiger partial charge on any atom is -0.497 e. The molecule has 0 amide bonds. The van der Waals surface area contributed by atoms with Crippen LogP contribution in [-0.2, 0) is 13.0 Å². The van der Waals surface area contributed by atoms with E-state index in [2.05, 4.69) is 22.4 Å². The lowest BCUT2D eigenvalue weighted by Gasteiger charge is -2.06. The first-order valence-electron chi connectivity index (χ1n) is 8.83. The second-order valence-electron chi connectivity index (χ2n) is 6.13. The normalized spacial score (nSPS) is 10.7. The minimum atomic E-state index is 0.0713. The van der Waals surface area contributed by atoms with Gasteiger partial charge in [-0.1, -0.05) is 61.5 Å². The van der Waals surface area contributed by atoms with Gasteiger partial charge in [0.2, 0.25) is 5.16 Å². The summed E-state index contributed by atoms with van der Waals surface area (Å²) in [5.41, 5.74) is 3.03. The van der Waals surface area contributed by atoms with Gasteiger partial charge in [0.05, 0.1) is 19.4 Å². The summed E-state index contributed by atoms with van der Waals surface area (Å²) < 4.78 is 6.87. The standard InChI is InChI=1S/C20H22N4O2S/c1-3-4-15-5-9-17(10-6-15)19(25)14-27-20-21-22-23-24(20)13-16-7-11-18(26-2)12-8-16/h5-12H,3-4,13-14H2,1-2H3. The van der Waals surface area contributed by atoms with Crippen LogP contribution >= 0.6 is 11.8 Å². The molecule has 1 heterocycles. The van der Waals surface area contributed by atoms with E-state index < -0.39 is 0 Å². The van der Waals surface area contributed by atoms with E-state index in [4.69, 9.17) is 4.74 Å². The summed E-state index contributed by atoms with van der Waals surface area (Å²) >= 11 is 1.35. The van der Waals surface area contributed by atoms with Crippen LogP contribution in [0, 0.1) is 0 Å². The molecule has 0 saturated heterocycles. The number of hydrogen-bond acceptors (Lipinski definition) is 6. The zero-order valence-corrected chi connectivity index (χ0v) is 16.3. The number of ether oxygens (including phenoxy) is 1. The first kappa shape index (κ1) is 19.1. The molecule has 3 rings (SSSR count). The maximum Gasteiger partial charge on any atom is 0.210 e. The number of Topliss-reactive ketones (excluding diaryl/α,β-unsaturated/α-hetero) is 1. The first-order chi connectivity index (χ1) is 13.2. The molecule has 0 N–H and O–H groups in total. The van der Waals surface area contributed by atoms with Crippen LogP contribution in [0.5, 0.6) is 5.75 Å². The van der Waals surface area contributed by atoms with Gasteiger partial charge in [0.25, 0.3) is 0 Å². The highest BCUT2D eigenvalue weighted by molar-refractivity contribution is 7.99. The average Bonchev–Trinajstić information content (AvgIpc) is 3.14. The van der Waals surface area contributed by atoms with Crippen LogP contribution in [0.15, 0.2) is 53.7 Å². The highest BCUT2D eigenvalue weighted by Gasteiger charge is 2.12. The van der Waals surface area contributed by atoms with E-state index in [-0.39, 0.29) is 5.78 Å². The lowest BCUT2D eigenvalue weighted by molar-refractivity contribution is 0.102. The molecule has 6 nitrogen and oxygen atoms in total. The van der Waals surface area contributed by atoms with Gasteiger partial charge >= 0.3 is 0 Å². The van der Waals surface area contributed by atoms with Gasteiger partial charge < -0.3 is 4.74 Å². The third-order valence-corrected chi connectivity index (χ3v) is 5.09. The summed E-state index contributed by atoms with van der Waals surface area (Å²) in [7, 11) is 1.64. The van der Waals surface area contributed by atoms with Crippen LogP contribution in [0.1, 0.15) is 34.8 Å². The predicted molar refractivity (Wildman–Crippen MR) is 105 cm³/mol. The van der Waals surface area contributed by atoms with Gasteiger partial charge in [-0.3, -0.25) is 4.79 Å². The van der Waals surface area contributed by atoms with Gasteiger partial charge in [0.15, 0.2) is 5.78 Å². The van der Waals surface area contributed by atoms with Crippen LogP contribution in [-0.4, -0.2) is 38.9 Å². The molecule has 3 aromatic rings. The number of carbonyl (C=O) groups is 1. The highest BCUT2D eigenvalue weighted by Crippen LogP contribution is 2.18. The summed E-state index contributed by atoms with van der Waals surface area (Å²) in [5, 5.41) is 12.4. The van der Waals surface area contributed by atoms with Crippen molar-refractivity contribution in [3.8, 4) is 5.75 Å². The van der Waals surface area contributed by atoms with Crippen molar-refractivity contribution in [1.29, 1.82) is 0 Å². The van der Waals surface area contributed by atoms with Crippen LogP contribution < -0.4 is 4.74 Å². The van der Waals surface area contributed by atoms with E-state index in [9.17, 15) is 4.79 Å². The van der Waals surface area contributed by atoms with E-state index >= 15 is 0 Å². The van der Waals surface area contributed by atoms with Gasteiger partial charge in [0.1, 0.15) is 5.75 Å². The monoisotopic (exact) mass is 382 g/mol. The molecule has 0 aliphatic rings. The number of carbonyl (C=O) groups excluding carboxylic acids is 1. The third-order valence-electron chi connectivity index (χ3n) is 4.14. The topological polar surface area (TPSA) is 69.9 Å². The zero-order valence-electron chi connectivity index (χ0n) is 15.5. The van der Waals surface area contributed by atoms with Crippen molar-refractivity contribution >= 4 is 17.5 Å². The number of hydrogen-bond donors (Lipinski definition) is 0. The zero-order chi connectivity index (χ0) is 19.1. The molecule has 7 heteroatoms. The number of benzene rings is 2. The Hall–Kier alpha value is -2.67. The Bertz CT molecular complexity index is 876. The molecule has 0 bridgehead atoms. The summed E-state index contributed by atoms with van der Waals surface area (Å²) in [6, 6.07) is 15.6. The molecule has 2 aromatic carbocycles. The molecule has 0 spiro atoms. The second-order valence-corrected chi connectivity index (χ2v) is 7.07. The molecule has 0 aliphatic heterocycles. The number of nitrogens with zero attached hydrogens (tertiary/aromatic N) is 4. The van der Waals surface area contributed by atoms with E-state index in [0.29, 0.717) is 17.5 Å². The number of aromatic nitrogens is 4. The molecule has 0 unspecified atom stereocenters. The Morgan fingerprint density at radius 1 is 1.07 bits per heavy atom. The van der Waals surface area contributed by atoms with Crippen LogP contribution in [0.2, 0.25) is 0 Å². The summed E-state index contributed by atoms with van der Waals surface area (Å²) in [5.74, 6) is 1.18. The van der Waals surface area contributed by atoms with Crippen LogP contribution in [0.4, 0.5) is 0 Å². The van der Waals surface area contributed by atoms with Crippen molar-refractivity contribution in [2.45, 2.75) is 31.5 Å². The molecule has 140 valence electrons. The smallest absolute Gasteiger partial charge is 0.210 e. The Morgan fingerprint density at radius 3 is 2.44 bits per heavy atom. The van der Waals surface area contributed by atoms with Crippen LogP contribution in [0.25, 0.3) is 0 Å². The number of rotatable bonds is 9. The largest absolute Gasteiger partial charge is 0.497 e. The fourth-order valence-electron chi connectivity index (χ4n) is 2.66. The Labute approximate surface area is 162 Å². The average molecular weight is 382 g/mol. The van der Waals surface area contributed by atoms with Gasteiger partial charge in [-0.25, -0.2) is 4.68 Å². The van der Waals surface area contributed by atoms with E-state index in [1.807, 2.05) is 48.5 Å². The number of methoxy groups -OCH3 is 1. The third kappa shape index (κ3) is 5.17. The van der Waals surface area contributed by atoms with Crippen molar-refractivity contribution in [2.24, 2.45) is 0 Å². The number of tetrazole rings is 1. The number of ketones is 1. The van der Waals surface area contributed by atoms with Crippen LogP contribution in [0.3, 0.4) is 0 Å². The van der Waals surface area contributed by atoms with Gasteiger partial charge in [-0.2, -0.15) is 0 Å². The van der Waals surface area contributed by atoms with E-state index in [1.54, 1.807) is 11.8 Å². The molecule has 1 aromatic heterocycles. The Balaban J connectivity index is 1.59. The maximum atomic E-state index is 12.4. The highest BCUT2D eigenvalue weighted by atomic mass is 32.2. The molecular weight excluding hydrogens is 360 g/mol. The Morgan fingerprint density at radius 2 is 1.78 bits per heavy atom. The quantitative estimate of drug-likeness (QED) is 0.415. The number of aryl methyl sites for hydroxylation is 1. The molecule has 0 radical (unpaired) electrons. The first-order valence-corrected chi connectivity index (χ1v) is 9.82. The fourth-order valence-corrected chi connectivity index (χ4v) is 3.43. The molecular formula is C20H22N4O2S. The van der Waals surface area contributed by atoms with E-state index in [1.165, 1.54) is 17.3 Å². The minimum absolute atomic E-state index is 0.0713. The summed E-state index contributed by atoms with van der Waals surface area (Å²) in [4.78, 5) is 12.4. The molecule has 0 fully saturated rings. The van der Waals surface area contributed by atoms with Crippen molar-refractivity contribution in [1.82, 2.24) is 20.2 Å². The molecule has 27 heavy (non-hydrogen) atoms. The Kier molecular flexibility index (Phi) is 6.59. The van der Waals surface area contributed by atoms with Gasteiger partial charge in [0, 0.05) is 5.56 Å². The van der Waals surface area contributed by atoms with Crippen molar-refractivity contribution < 1.29 is 9.53 Å². The second kappa shape index (κ2) is 9.32. The lowest BCUT2D eigenvalue weighted by Crippen LogP contribution is -2.07. The van der Waals surface area contributed by atoms with E-state index in [0.717, 1.165) is 29.7 Å². The molecule has 0 saturated carbocycles. The molecule has 0 atom stereocenters. The van der Waals surface area contributed by atoms with Gasteiger partial charge in [-0.15, -0.1) is 5.10 Å². The molecule has 0 aliphatic carbocycles. The van der Waals surface area contributed by atoms with Crippen molar-refractivity contribution in [3.63, 3.8) is 0 Å². The maximum absolute atomic E-state index is 12.4.